The SMILES string of the molecule is c1ccc(-c2cccc(-c3nc(-c4ccccc4)nc(-c4ccc(-c5ccc6c(c5)nc(-c5ccccc5)c5ccc7c(c8ccccc8n7-c7ccccc7)c56)cc4)n3)c2)cc1. The van der Waals surface area contributed by atoms with Gasteiger partial charge in [-0.15, -0.1) is 0 Å². The Morgan fingerprint density at radius 3 is 1.48 bits per heavy atom. The van der Waals surface area contributed by atoms with Crippen LogP contribution in [0.15, 0.2) is 224 Å². The standard InChI is InChI=1S/C58H37N5/c1-5-16-38(17-6-1)43-22-15-23-45(36-43)58-61-56(41-20-9-3-10-21-41)60-57(62-58)42-30-28-39(29-31-42)44-32-33-47-50(37-44)59-55(40-18-7-2-8-19-40)49-34-35-52-54(53(47)49)48-26-13-14-27-51(48)63(52)46-24-11-4-12-25-46/h1-37H. The fourth-order valence-corrected chi connectivity index (χ4v) is 9.04. The first-order chi connectivity index (χ1) is 31.2. The van der Waals surface area contributed by atoms with Crippen LogP contribution in [0.25, 0.3) is 117 Å². The van der Waals surface area contributed by atoms with Crippen molar-refractivity contribution >= 4 is 43.5 Å². The molecule has 9 aromatic carbocycles. The fourth-order valence-electron chi connectivity index (χ4n) is 9.04. The number of para-hydroxylation sites is 2. The van der Waals surface area contributed by atoms with E-state index >= 15 is 0 Å². The second-order valence-electron chi connectivity index (χ2n) is 15.8. The molecule has 0 unspecified atom stereocenters. The molecule has 63 heavy (non-hydrogen) atoms. The Morgan fingerprint density at radius 2 is 0.762 bits per heavy atom. The molecule has 0 atom stereocenters. The number of rotatable bonds is 7. The van der Waals surface area contributed by atoms with E-state index in [-0.39, 0.29) is 0 Å². The van der Waals surface area contributed by atoms with Crippen molar-refractivity contribution in [2.24, 2.45) is 0 Å². The van der Waals surface area contributed by atoms with Crippen LogP contribution < -0.4 is 0 Å². The van der Waals surface area contributed by atoms with Crippen LogP contribution in [0.5, 0.6) is 0 Å². The molecular weight excluding hydrogens is 767 g/mol. The van der Waals surface area contributed by atoms with Crippen molar-refractivity contribution in [3.05, 3.63) is 224 Å². The highest BCUT2D eigenvalue weighted by Crippen LogP contribution is 2.43. The third-order valence-corrected chi connectivity index (χ3v) is 12.0. The van der Waals surface area contributed by atoms with Crippen molar-refractivity contribution in [3.8, 4) is 73.4 Å². The third kappa shape index (κ3) is 6.42. The summed E-state index contributed by atoms with van der Waals surface area (Å²) in [6, 6.07) is 78.6. The number of nitrogens with zero attached hydrogens (tertiary/aromatic N) is 5. The van der Waals surface area contributed by atoms with Crippen molar-refractivity contribution < 1.29 is 0 Å². The third-order valence-electron chi connectivity index (χ3n) is 12.0. The average molecular weight is 804 g/mol. The Balaban J connectivity index is 0.997. The zero-order chi connectivity index (χ0) is 41.7. The van der Waals surface area contributed by atoms with Crippen LogP contribution in [0, 0.1) is 0 Å². The molecule has 0 N–H and O–H groups in total. The van der Waals surface area contributed by atoms with Crippen LogP contribution in [0.3, 0.4) is 0 Å². The van der Waals surface area contributed by atoms with Gasteiger partial charge in [-0.25, -0.2) is 19.9 Å². The zero-order valence-corrected chi connectivity index (χ0v) is 34.1. The minimum Gasteiger partial charge on any atom is -0.309 e. The molecule has 0 fully saturated rings. The van der Waals surface area contributed by atoms with E-state index in [2.05, 4.69) is 193 Å². The fraction of sp³-hybridized carbons (Fsp3) is 0. The van der Waals surface area contributed by atoms with E-state index in [1.807, 2.05) is 36.4 Å². The quantitative estimate of drug-likeness (QED) is 0.151. The molecule has 0 saturated carbocycles. The normalized spacial score (nSPS) is 11.5. The molecule has 0 spiro atoms. The van der Waals surface area contributed by atoms with Gasteiger partial charge in [0.25, 0.3) is 0 Å². The predicted octanol–water partition coefficient (Wildman–Crippen LogP) is 14.7. The van der Waals surface area contributed by atoms with Gasteiger partial charge in [-0.3, -0.25) is 0 Å². The van der Waals surface area contributed by atoms with Gasteiger partial charge in [0.05, 0.1) is 22.2 Å². The van der Waals surface area contributed by atoms with Gasteiger partial charge < -0.3 is 4.57 Å². The number of hydrogen-bond acceptors (Lipinski definition) is 4. The molecule has 12 aromatic rings. The van der Waals surface area contributed by atoms with Gasteiger partial charge in [-0.1, -0.05) is 188 Å². The smallest absolute Gasteiger partial charge is 0.164 e. The van der Waals surface area contributed by atoms with Gasteiger partial charge in [-0.2, -0.15) is 0 Å². The lowest BCUT2D eigenvalue weighted by molar-refractivity contribution is 1.07. The molecule has 294 valence electrons. The van der Waals surface area contributed by atoms with Gasteiger partial charge in [0.2, 0.25) is 0 Å². The topological polar surface area (TPSA) is 56.5 Å². The number of fused-ring (bicyclic) bond motifs is 7. The average Bonchev–Trinajstić information content (AvgIpc) is 3.71. The molecule has 12 rings (SSSR count). The molecule has 0 aliphatic heterocycles. The first-order valence-corrected chi connectivity index (χ1v) is 21.2. The zero-order valence-electron chi connectivity index (χ0n) is 34.1. The molecule has 0 saturated heterocycles. The lowest BCUT2D eigenvalue weighted by Gasteiger charge is -2.14. The summed E-state index contributed by atoms with van der Waals surface area (Å²) >= 11 is 0. The highest BCUT2D eigenvalue weighted by Gasteiger charge is 2.20. The summed E-state index contributed by atoms with van der Waals surface area (Å²) in [5, 5.41) is 5.90. The van der Waals surface area contributed by atoms with Crippen LogP contribution in [-0.4, -0.2) is 24.5 Å². The molecule has 0 amide bonds. The van der Waals surface area contributed by atoms with Gasteiger partial charge in [0, 0.05) is 54.9 Å². The molecular formula is C58H37N5. The Kier molecular flexibility index (Phi) is 8.75. The number of hydrogen-bond donors (Lipinski definition) is 0. The van der Waals surface area contributed by atoms with Crippen molar-refractivity contribution in [2.75, 3.05) is 0 Å². The van der Waals surface area contributed by atoms with E-state index in [4.69, 9.17) is 19.9 Å². The molecule has 0 radical (unpaired) electrons. The monoisotopic (exact) mass is 803 g/mol. The van der Waals surface area contributed by atoms with Crippen molar-refractivity contribution in [1.29, 1.82) is 0 Å². The minimum atomic E-state index is 0.619. The molecule has 5 heteroatoms. The summed E-state index contributed by atoms with van der Waals surface area (Å²) in [6.45, 7) is 0. The van der Waals surface area contributed by atoms with Crippen LogP contribution >= 0.6 is 0 Å². The molecule has 5 nitrogen and oxygen atoms in total. The second kappa shape index (κ2) is 15.2. The largest absolute Gasteiger partial charge is 0.309 e. The maximum atomic E-state index is 5.45. The highest BCUT2D eigenvalue weighted by atomic mass is 15.0. The first-order valence-electron chi connectivity index (χ1n) is 21.2. The summed E-state index contributed by atoms with van der Waals surface area (Å²) in [6.07, 6.45) is 0. The van der Waals surface area contributed by atoms with Crippen LogP contribution in [0.2, 0.25) is 0 Å². The van der Waals surface area contributed by atoms with Crippen LogP contribution in [0.4, 0.5) is 0 Å². The summed E-state index contributed by atoms with van der Waals surface area (Å²) in [5.74, 6) is 1.88. The molecule has 0 aliphatic rings. The lowest BCUT2D eigenvalue weighted by atomic mass is 9.94. The first kappa shape index (κ1) is 36.3. The van der Waals surface area contributed by atoms with Gasteiger partial charge >= 0.3 is 0 Å². The Hall–Kier alpha value is -8.54. The van der Waals surface area contributed by atoms with Gasteiger partial charge in [-0.05, 0) is 58.7 Å². The van der Waals surface area contributed by atoms with Gasteiger partial charge in [0.1, 0.15) is 0 Å². The van der Waals surface area contributed by atoms with Gasteiger partial charge in [0.15, 0.2) is 17.5 Å². The maximum Gasteiger partial charge on any atom is 0.164 e. The Morgan fingerprint density at radius 1 is 0.270 bits per heavy atom. The Bertz CT molecular complexity index is 3640. The lowest BCUT2D eigenvalue weighted by Crippen LogP contribution is -2.00. The maximum absolute atomic E-state index is 5.45. The van der Waals surface area contributed by atoms with E-state index in [1.165, 1.54) is 27.2 Å². The molecule has 0 bridgehead atoms. The number of pyridine rings is 1. The van der Waals surface area contributed by atoms with E-state index in [1.54, 1.807) is 0 Å². The minimum absolute atomic E-state index is 0.619. The van der Waals surface area contributed by atoms with Crippen LogP contribution in [0.1, 0.15) is 0 Å². The van der Waals surface area contributed by atoms with Crippen molar-refractivity contribution in [1.82, 2.24) is 24.5 Å². The van der Waals surface area contributed by atoms with E-state index in [0.29, 0.717) is 17.5 Å². The predicted molar refractivity (Wildman–Crippen MR) is 260 cm³/mol. The van der Waals surface area contributed by atoms with E-state index in [0.717, 1.165) is 72.2 Å². The van der Waals surface area contributed by atoms with Crippen molar-refractivity contribution in [3.63, 3.8) is 0 Å². The molecule has 3 aromatic heterocycles. The highest BCUT2D eigenvalue weighted by molar-refractivity contribution is 6.29. The summed E-state index contributed by atoms with van der Waals surface area (Å²) in [4.78, 5) is 20.5. The number of benzene rings is 9. The number of aromatic nitrogens is 5. The van der Waals surface area contributed by atoms with E-state index < -0.39 is 0 Å². The Labute approximate surface area is 364 Å². The second-order valence-corrected chi connectivity index (χ2v) is 15.8. The molecule has 3 heterocycles. The van der Waals surface area contributed by atoms with Crippen molar-refractivity contribution in [2.45, 2.75) is 0 Å². The molecule has 0 aliphatic carbocycles. The summed E-state index contributed by atoms with van der Waals surface area (Å²) in [5.41, 5.74) is 13.7. The summed E-state index contributed by atoms with van der Waals surface area (Å²) < 4.78 is 2.38. The van der Waals surface area contributed by atoms with E-state index in [9.17, 15) is 0 Å². The summed E-state index contributed by atoms with van der Waals surface area (Å²) in [7, 11) is 0. The van der Waals surface area contributed by atoms with Crippen LogP contribution in [-0.2, 0) is 0 Å².